The van der Waals surface area contributed by atoms with Crippen molar-refractivity contribution < 1.29 is 29.7 Å². The first-order valence-corrected chi connectivity index (χ1v) is 9.55. The minimum atomic E-state index is -1.16. The number of allylic oxidation sites excluding steroid dienone is 5. The highest BCUT2D eigenvalue weighted by molar-refractivity contribution is 8.00. The first kappa shape index (κ1) is 24.9. The number of thioether (sulfide) groups is 1. The van der Waals surface area contributed by atoms with Crippen LogP contribution in [0.15, 0.2) is 36.5 Å². The number of hydrogen-bond donors (Lipinski definition) is 5. The lowest BCUT2D eigenvalue weighted by Gasteiger charge is -2.21. The third-order valence-corrected chi connectivity index (χ3v) is 4.72. The molecule has 1 amide bonds. The summed E-state index contributed by atoms with van der Waals surface area (Å²) in [7, 11) is 0. The minimum Gasteiger partial charge on any atom is -0.481 e. The third-order valence-electron chi connectivity index (χ3n) is 3.32. The number of aliphatic hydroxyl groups is 1. The predicted molar refractivity (Wildman–Crippen MR) is 105 cm³/mol. The molecule has 8 nitrogen and oxygen atoms in total. The van der Waals surface area contributed by atoms with Gasteiger partial charge in [-0.2, -0.15) is 0 Å². The Morgan fingerprint density at radius 1 is 1.11 bits per heavy atom. The van der Waals surface area contributed by atoms with Crippen molar-refractivity contribution in [2.75, 3.05) is 12.3 Å². The number of carboxylic acids is 2. The van der Waals surface area contributed by atoms with Gasteiger partial charge in [-0.3, -0.25) is 14.4 Å². The molecule has 152 valence electrons. The Hall–Kier alpha value is -2.10. The standard InChI is InChI=1S/C18H28N2O6S/c1-2-3-4-5-6-9-15(14(21)8-7-10-16(22)23)27-12-13(19)18(26)20-11-17(24)25/h2-6,9,13-15,21H,7-8,10-12,19H2,1H3,(H,20,26)(H,22,23)(H,24,25)/b3-2+,5-4+,9-6+/t13-,14-,15+/m0/s1. The third kappa shape index (κ3) is 13.7. The van der Waals surface area contributed by atoms with E-state index >= 15 is 0 Å². The van der Waals surface area contributed by atoms with Gasteiger partial charge in [-0.15, -0.1) is 11.8 Å². The molecule has 0 radical (unpaired) electrons. The van der Waals surface area contributed by atoms with E-state index in [1.54, 1.807) is 18.2 Å². The summed E-state index contributed by atoms with van der Waals surface area (Å²) in [6, 6.07) is -0.921. The summed E-state index contributed by atoms with van der Waals surface area (Å²) in [6.07, 6.45) is 10.6. The highest BCUT2D eigenvalue weighted by Crippen LogP contribution is 2.21. The first-order chi connectivity index (χ1) is 12.8. The van der Waals surface area contributed by atoms with Crippen LogP contribution in [0.3, 0.4) is 0 Å². The number of amides is 1. The minimum absolute atomic E-state index is 0.0313. The average molecular weight is 400 g/mol. The Balaban J connectivity index is 4.73. The summed E-state index contributed by atoms with van der Waals surface area (Å²) in [6.45, 7) is 1.38. The van der Waals surface area contributed by atoms with E-state index in [0.717, 1.165) is 0 Å². The van der Waals surface area contributed by atoms with Gasteiger partial charge in [0.1, 0.15) is 6.54 Å². The zero-order chi connectivity index (χ0) is 20.7. The second-order valence-corrected chi connectivity index (χ2v) is 6.88. The largest absolute Gasteiger partial charge is 0.481 e. The number of carbonyl (C=O) groups is 3. The Labute approximate surface area is 163 Å². The van der Waals surface area contributed by atoms with Crippen molar-refractivity contribution in [3.8, 4) is 0 Å². The monoisotopic (exact) mass is 400 g/mol. The van der Waals surface area contributed by atoms with Gasteiger partial charge >= 0.3 is 11.9 Å². The maximum Gasteiger partial charge on any atom is 0.322 e. The van der Waals surface area contributed by atoms with Gasteiger partial charge in [-0.25, -0.2) is 0 Å². The fraction of sp³-hybridized carbons (Fsp3) is 0.500. The second-order valence-electron chi connectivity index (χ2n) is 5.66. The molecule has 0 aromatic heterocycles. The first-order valence-electron chi connectivity index (χ1n) is 8.50. The Kier molecular flexibility index (Phi) is 13.8. The molecule has 0 aliphatic carbocycles. The summed E-state index contributed by atoms with van der Waals surface area (Å²) in [5, 5.41) is 29.4. The fourth-order valence-electron chi connectivity index (χ4n) is 1.92. The molecule has 0 bridgehead atoms. The van der Waals surface area contributed by atoms with Crippen molar-refractivity contribution >= 4 is 29.6 Å². The van der Waals surface area contributed by atoms with Crippen molar-refractivity contribution in [1.29, 1.82) is 0 Å². The van der Waals surface area contributed by atoms with Crippen molar-refractivity contribution in [3.63, 3.8) is 0 Å². The summed E-state index contributed by atoms with van der Waals surface area (Å²) in [4.78, 5) is 32.8. The maximum absolute atomic E-state index is 11.7. The molecule has 0 spiro atoms. The number of carboxylic acid groups (broad SMARTS) is 2. The van der Waals surface area contributed by atoms with E-state index in [-0.39, 0.29) is 17.4 Å². The van der Waals surface area contributed by atoms with Crippen LogP contribution in [0.5, 0.6) is 0 Å². The van der Waals surface area contributed by atoms with E-state index in [1.165, 1.54) is 11.8 Å². The molecule has 0 rings (SSSR count). The molecule has 9 heteroatoms. The average Bonchev–Trinajstić information content (AvgIpc) is 2.61. The van der Waals surface area contributed by atoms with Crippen LogP contribution in [-0.4, -0.2) is 62.9 Å². The molecule has 0 unspecified atom stereocenters. The van der Waals surface area contributed by atoms with Crippen LogP contribution in [0, 0.1) is 0 Å². The van der Waals surface area contributed by atoms with Crippen LogP contribution in [0.1, 0.15) is 26.2 Å². The predicted octanol–water partition coefficient (Wildman–Crippen LogP) is 0.921. The molecule has 0 heterocycles. The van der Waals surface area contributed by atoms with Crippen molar-refractivity contribution in [2.45, 2.75) is 43.6 Å². The van der Waals surface area contributed by atoms with E-state index < -0.39 is 36.5 Å². The number of nitrogens with one attached hydrogen (secondary N) is 1. The summed E-state index contributed by atoms with van der Waals surface area (Å²) >= 11 is 1.25. The topological polar surface area (TPSA) is 150 Å². The lowest BCUT2D eigenvalue weighted by atomic mass is 10.1. The Morgan fingerprint density at radius 3 is 2.37 bits per heavy atom. The van der Waals surface area contributed by atoms with E-state index in [4.69, 9.17) is 15.9 Å². The fourth-order valence-corrected chi connectivity index (χ4v) is 3.06. The van der Waals surface area contributed by atoms with Gasteiger partial charge < -0.3 is 26.4 Å². The Bertz CT molecular complexity index is 562. The van der Waals surface area contributed by atoms with Gasteiger partial charge in [0.25, 0.3) is 0 Å². The number of hydrogen-bond acceptors (Lipinski definition) is 6. The van der Waals surface area contributed by atoms with Gasteiger partial charge in [0.2, 0.25) is 5.91 Å². The lowest BCUT2D eigenvalue weighted by Crippen LogP contribution is -2.44. The molecule has 0 saturated carbocycles. The number of aliphatic hydroxyl groups excluding tert-OH is 1. The van der Waals surface area contributed by atoms with E-state index in [2.05, 4.69) is 5.32 Å². The number of aliphatic carboxylic acids is 2. The smallest absolute Gasteiger partial charge is 0.322 e. The van der Waals surface area contributed by atoms with Crippen molar-refractivity contribution in [1.82, 2.24) is 5.32 Å². The van der Waals surface area contributed by atoms with Gasteiger partial charge in [0.05, 0.1) is 12.1 Å². The van der Waals surface area contributed by atoms with Crippen LogP contribution in [0.25, 0.3) is 0 Å². The number of rotatable bonds is 14. The lowest BCUT2D eigenvalue weighted by molar-refractivity contribution is -0.138. The van der Waals surface area contributed by atoms with Gasteiger partial charge in [0, 0.05) is 17.4 Å². The molecule has 0 aliphatic heterocycles. The van der Waals surface area contributed by atoms with Gasteiger partial charge in [-0.05, 0) is 19.8 Å². The highest BCUT2D eigenvalue weighted by atomic mass is 32.2. The molecule has 0 aliphatic rings. The molecule has 6 N–H and O–H groups in total. The van der Waals surface area contributed by atoms with E-state index in [0.29, 0.717) is 12.8 Å². The zero-order valence-corrected chi connectivity index (χ0v) is 16.1. The summed E-state index contributed by atoms with van der Waals surface area (Å²) in [5.41, 5.74) is 5.75. The Morgan fingerprint density at radius 2 is 1.78 bits per heavy atom. The molecular weight excluding hydrogens is 372 g/mol. The van der Waals surface area contributed by atoms with Crippen LogP contribution < -0.4 is 11.1 Å². The molecule has 0 aromatic rings. The van der Waals surface area contributed by atoms with Gasteiger partial charge in [-0.1, -0.05) is 36.5 Å². The molecule has 0 aromatic carbocycles. The normalized spacial score (nSPS) is 15.2. The van der Waals surface area contributed by atoms with Crippen LogP contribution >= 0.6 is 11.8 Å². The number of nitrogens with two attached hydrogens (primary N) is 1. The quantitative estimate of drug-likeness (QED) is 0.270. The summed E-state index contributed by atoms with van der Waals surface area (Å²) < 4.78 is 0. The van der Waals surface area contributed by atoms with Crippen molar-refractivity contribution in [2.24, 2.45) is 5.73 Å². The maximum atomic E-state index is 11.7. The zero-order valence-electron chi connectivity index (χ0n) is 15.3. The van der Waals surface area contributed by atoms with Crippen LogP contribution in [0.4, 0.5) is 0 Å². The summed E-state index contributed by atoms with van der Waals surface area (Å²) in [5.74, 6) is -2.49. The van der Waals surface area contributed by atoms with Crippen molar-refractivity contribution in [3.05, 3.63) is 36.5 Å². The van der Waals surface area contributed by atoms with Crippen LogP contribution in [-0.2, 0) is 14.4 Å². The van der Waals surface area contributed by atoms with Crippen LogP contribution in [0.2, 0.25) is 0 Å². The number of carbonyl (C=O) groups excluding carboxylic acids is 1. The molecule has 27 heavy (non-hydrogen) atoms. The molecule has 0 fully saturated rings. The van der Waals surface area contributed by atoms with E-state index in [1.807, 2.05) is 25.2 Å². The highest BCUT2D eigenvalue weighted by Gasteiger charge is 2.21. The van der Waals surface area contributed by atoms with Gasteiger partial charge in [0.15, 0.2) is 0 Å². The second kappa shape index (κ2) is 15.0. The molecular formula is C18H28N2O6S. The molecule has 0 saturated heterocycles. The van der Waals surface area contributed by atoms with E-state index in [9.17, 15) is 19.5 Å². The SMILES string of the molecule is C/C=C/C=C/C=C/[C@@H](SC[C@H](N)C(=O)NCC(=O)O)[C@@H](O)CCCC(=O)O. The molecule has 3 atom stereocenters.